The van der Waals surface area contributed by atoms with Gasteiger partial charge in [-0.25, -0.2) is 19.3 Å². The zero-order chi connectivity index (χ0) is 24.6. The number of aryl methyl sites for hydroxylation is 1. The van der Waals surface area contributed by atoms with E-state index in [0.29, 0.717) is 34.9 Å². The van der Waals surface area contributed by atoms with Crippen molar-refractivity contribution >= 4 is 28.4 Å². The van der Waals surface area contributed by atoms with Crippen LogP contribution in [0.4, 0.5) is 17.3 Å². The zero-order valence-electron chi connectivity index (χ0n) is 19.8. The van der Waals surface area contributed by atoms with Gasteiger partial charge < -0.3 is 20.1 Å². The minimum absolute atomic E-state index is 0.228. The zero-order valence-corrected chi connectivity index (χ0v) is 19.8. The second-order valence-electron chi connectivity index (χ2n) is 8.96. The third kappa shape index (κ3) is 3.94. The highest BCUT2D eigenvalue weighted by atomic mass is 16.5. The third-order valence-corrected chi connectivity index (χ3v) is 6.69. The summed E-state index contributed by atoms with van der Waals surface area (Å²) in [5.74, 6) is 0.885. The molecule has 10 nitrogen and oxygen atoms in total. The maximum atomic E-state index is 13.2. The molecule has 0 spiro atoms. The number of pyridine rings is 1. The Morgan fingerprint density at radius 3 is 2.72 bits per heavy atom. The van der Waals surface area contributed by atoms with E-state index in [1.807, 2.05) is 24.3 Å². The van der Waals surface area contributed by atoms with Gasteiger partial charge in [-0.15, -0.1) is 6.58 Å². The monoisotopic (exact) mass is 485 g/mol. The molecule has 10 heteroatoms. The topological polar surface area (TPSA) is 110 Å². The van der Waals surface area contributed by atoms with Gasteiger partial charge in [-0.3, -0.25) is 4.79 Å². The molecular formula is C26H27N7O3. The van der Waals surface area contributed by atoms with Crippen molar-refractivity contribution in [2.75, 3.05) is 36.5 Å². The molecule has 1 atom stereocenters. The Balaban J connectivity index is 1.37. The van der Waals surface area contributed by atoms with E-state index < -0.39 is 6.10 Å². The highest BCUT2D eigenvalue weighted by Gasteiger charge is 2.24. The number of anilines is 3. The van der Waals surface area contributed by atoms with Crippen LogP contribution in [0.1, 0.15) is 23.8 Å². The number of aromatic nitrogens is 5. The fourth-order valence-electron chi connectivity index (χ4n) is 4.85. The van der Waals surface area contributed by atoms with Crippen molar-refractivity contribution in [1.82, 2.24) is 24.3 Å². The molecule has 36 heavy (non-hydrogen) atoms. The molecule has 2 N–H and O–H groups in total. The number of rotatable bonds is 6. The van der Waals surface area contributed by atoms with E-state index in [0.717, 1.165) is 49.7 Å². The van der Waals surface area contributed by atoms with Crippen molar-refractivity contribution in [3.63, 3.8) is 0 Å². The number of benzene rings is 1. The largest absolute Gasteiger partial charge is 0.387 e. The molecule has 1 aliphatic carbocycles. The van der Waals surface area contributed by atoms with Crippen molar-refractivity contribution in [3.8, 4) is 5.82 Å². The smallest absolute Gasteiger partial charge is 0.278 e. The molecule has 1 aromatic carbocycles. The lowest BCUT2D eigenvalue weighted by atomic mass is 10.2. The summed E-state index contributed by atoms with van der Waals surface area (Å²) in [5.41, 5.74) is 3.86. The first-order chi connectivity index (χ1) is 17.6. The Bertz CT molecular complexity index is 1490. The fraction of sp³-hybridized carbons (Fsp3) is 0.308. The first-order valence-electron chi connectivity index (χ1n) is 12.1. The molecular weight excluding hydrogens is 458 g/mol. The van der Waals surface area contributed by atoms with Crippen LogP contribution in [-0.2, 0) is 17.7 Å². The summed E-state index contributed by atoms with van der Waals surface area (Å²) in [6, 6.07) is 11.9. The lowest BCUT2D eigenvalue weighted by Gasteiger charge is -2.28. The maximum Gasteiger partial charge on any atom is 0.278 e. The Kier molecular flexibility index (Phi) is 5.74. The van der Waals surface area contributed by atoms with Gasteiger partial charge in [0.05, 0.1) is 31.6 Å². The summed E-state index contributed by atoms with van der Waals surface area (Å²) >= 11 is 0. The summed E-state index contributed by atoms with van der Waals surface area (Å²) in [5, 5.41) is 14.0. The van der Waals surface area contributed by atoms with Gasteiger partial charge in [-0.05, 0) is 48.7 Å². The minimum Gasteiger partial charge on any atom is -0.387 e. The van der Waals surface area contributed by atoms with Crippen molar-refractivity contribution in [2.24, 2.45) is 0 Å². The van der Waals surface area contributed by atoms with Crippen molar-refractivity contribution < 1.29 is 9.84 Å². The summed E-state index contributed by atoms with van der Waals surface area (Å²) in [4.78, 5) is 29.2. The van der Waals surface area contributed by atoms with Crippen molar-refractivity contribution in [1.29, 1.82) is 0 Å². The molecule has 1 fully saturated rings. The molecule has 4 aromatic rings. The SMILES string of the molecule is C=CCn1c(=O)c2cnc(Nc3ccc(N4CCOCC4)cc3)nc2n1-c1ccc2c(n1)C(O)CC2. The lowest BCUT2D eigenvalue weighted by Crippen LogP contribution is -2.36. The molecule has 3 aromatic heterocycles. The van der Waals surface area contributed by atoms with E-state index in [1.54, 1.807) is 10.8 Å². The molecule has 0 bridgehead atoms. The molecule has 0 radical (unpaired) electrons. The summed E-state index contributed by atoms with van der Waals surface area (Å²) < 4.78 is 8.64. The first-order valence-corrected chi connectivity index (χ1v) is 12.1. The molecule has 1 aliphatic heterocycles. The van der Waals surface area contributed by atoms with E-state index in [2.05, 4.69) is 33.9 Å². The Morgan fingerprint density at radius 2 is 1.94 bits per heavy atom. The quantitative estimate of drug-likeness (QED) is 0.401. The number of allylic oxidation sites excluding steroid dienone is 1. The second-order valence-corrected chi connectivity index (χ2v) is 8.96. The van der Waals surface area contributed by atoms with E-state index in [1.165, 1.54) is 10.9 Å². The molecule has 184 valence electrons. The number of ether oxygens (including phenoxy) is 1. The normalized spacial score (nSPS) is 17.4. The van der Waals surface area contributed by atoms with E-state index >= 15 is 0 Å². The van der Waals surface area contributed by atoms with Gasteiger partial charge in [0, 0.05) is 30.7 Å². The Hall–Kier alpha value is -4.02. The molecule has 6 rings (SSSR count). The summed E-state index contributed by atoms with van der Waals surface area (Å²) in [6.45, 7) is 7.29. The van der Waals surface area contributed by atoms with Crippen LogP contribution < -0.4 is 15.8 Å². The summed E-state index contributed by atoms with van der Waals surface area (Å²) in [6.07, 6.45) is 4.03. The average Bonchev–Trinajstić information content (AvgIpc) is 3.41. The van der Waals surface area contributed by atoms with Gasteiger partial charge in [-0.2, -0.15) is 4.98 Å². The predicted octanol–water partition coefficient (Wildman–Crippen LogP) is 2.72. The lowest BCUT2D eigenvalue weighted by molar-refractivity contribution is 0.122. The number of aliphatic hydroxyl groups excluding tert-OH is 1. The molecule has 0 amide bonds. The minimum atomic E-state index is -0.603. The molecule has 1 saturated heterocycles. The van der Waals surface area contributed by atoms with E-state index in [-0.39, 0.29) is 12.1 Å². The molecule has 1 unspecified atom stereocenters. The predicted molar refractivity (Wildman–Crippen MR) is 137 cm³/mol. The van der Waals surface area contributed by atoms with Crippen LogP contribution in [0.15, 0.2) is 60.0 Å². The van der Waals surface area contributed by atoms with Gasteiger partial charge >= 0.3 is 0 Å². The first kappa shape index (κ1) is 22.4. The third-order valence-electron chi connectivity index (χ3n) is 6.69. The Morgan fingerprint density at radius 1 is 1.14 bits per heavy atom. The van der Waals surface area contributed by atoms with Gasteiger partial charge in [0.15, 0.2) is 11.5 Å². The molecule has 0 saturated carbocycles. The van der Waals surface area contributed by atoms with Crippen LogP contribution >= 0.6 is 0 Å². The van der Waals surface area contributed by atoms with Crippen LogP contribution in [-0.4, -0.2) is 55.7 Å². The maximum absolute atomic E-state index is 13.2. The van der Waals surface area contributed by atoms with Crippen LogP contribution in [0.3, 0.4) is 0 Å². The highest BCUT2D eigenvalue weighted by Crippen LogP contribution is 2.30. The van der Waals surface area contributed by atoms with Crippen LogP contribution in [0, 0.1) is 0 Å². The number of hydrogen-bond donors (Lipinski definition) is 2. The van der Waals surface area contributed by atoms with Gasteiger partial charge in [-0.1, -0.05) is 12.1 Å². The molecule has 2 aliphatic rings. The molecule has 4 heterocycles. The summed E-state index contributed by atoms with van der Waals surface area (Å²) in [7, 11) is 0. The Labute approximate surface area is 207 Å². The van der Waals surface area contributed by atoms with Crippen molar-refractivity contribution in [2.45, 2.75) is 25.5 Å². The van der Waals surface area contributed by atoms with Crippen LogP contribution in [0.25, 0.3) is 16.9 Å². The van der Waals surface area contributed by atoms with E-state index in [4.69, 9.17) is 14.7 Å². The number of hydrogen-bond acceptors (Lipinski definition) is 8. The van der Waals surface area contributed by atoms with Gasteiger partial charge in [0.2, 0.25) is 5.95 Å². The number of nitrogens with one attached hydrogen (secondary N) is 1. The van der Waals surface area contributed by atoms with Crippen molar-refractivity contribution in [3.05, 3.63) is 76.9 Å². The number of morpholine rings is 1. The number of fused-ring (bicyclic) bond motifs is 2. The second kappa shape index (κ2) is 9.21. The average molecular weight is 486 g/mol. The number of aliphatic hydroxyl groups is 1. The van der Waals surface area contributed by atoms with Crippen LogP contribution in [0.5, 0.6) is 0 Å². The van der Waals surface area contributed by atoms with Crippen LogP contribution in [0.2, 0.25) is 0 Å². The number of nitrogens with zero attached hydrogens (tertiary/aromatic N) is 6. The fourth-order valence-corrected chi connectivity index (χ4v) is 4.85. The van der Waals surface area contributed by atoms with Gasteiger partial charge in [0.25, 0.3) is 5.56 Å². The van der Waals surface area contributed by atoms with Gasteiger partial charge in [0.1, 0.15) is 5.39 Å². The standard InChI is InChI=1S/C26H27N7O3/c1-2-11-32-25(35)20-16-27-26(28-18-5-7-19(8-6-18)31-12-14-36-15-13-31)30-24(20)33(32)22-10-4-17-3-9-21(34)23(17)29-22/h2,4-8,10,16,21,34H,1,3,9,11-15H2,(H,27,28,30). The van der Waals surface area contributed by atoms with E-state index in [9.17, 15) is 9.90 Å². The highest BCUT2D eigenvalue weighted by molar-refractivity contribution is 5.77.